The van der Waals surface area contributed by atoms with Crippen LogP contribution >= 0.6 is 34.8 Å². The lowest BCUT2D eigenvalue weighted by Crippen LogP contribution is -2.31. The van der Waals surface area contributed by atoms with Gasteiger partial charge < -0.3 is 21.4 Å². The van der Waals surface area contributed by atoms with Crippen LogP contribution < -0.4 is 21.9 Å². The van der Waals surface area contributed by atoms with Gasteiger partial charge in [-0.15, -0.1) is 0 Å². The molecule has 4 aromatic rings. The Morgan fingerprint density at radius 2 is 1.81 bits per heavy atom. The van der Waals surface area contributed by atoms with E-state index in [0.717, 1.165) is 5.56 Å². The number of fused-ring (bicyclic) bond motifs is 1. The molecule has 0 bridgehead atoms. The number of benzene rings is 2. The molecular formula is C25H26Cl3N7O2. The summed E-state index contributed by atoms with van der Waals surface area (Å²) in [5.74, 6) is 0.236. The number of amides is 1. The number of carbonyl (C=O) groups excluding carboxylic acids is 1. The Hall–Kier alpha value is -2.95. The van der Waals surface area contributed by atoms with Crippen molar-refractivity contribution in [2.45, 2.75) is 26.2 Å². The molecule has 9 nitrogen and oxygen atoms in total. The molecule has 2 aromatic carbocycles. The molecule has 194 valence electrons. The van der Waals surface area contributed by atoms with Gasteiger partial charge in [0, 0.05) is 30.2 Å². The van der Waals surface area contributed by atoms with E-state index in [0.29, 0.717) is 58.5 Å². The van der Waals surface area contributed by atoms with Crippen LogP contribution in [0.15, 0.2) is 41.2 Å². The lowest BCUT2D eigenvalue weighted by Gasteiger charge is -2.10. The molecule has 0 aliphatic carbocycles. The van der Waals surface area contributed by atoms with Gasteiger partial charge >= 0.3 is 0 Å². The van der Waals surface area contributed by atoms with Crippen molar-refractivity contribution in [3.63, 3.8) is 0 Å². The molecule has 0 aliphatic heterocycles. The molecule has 37 heavy (non-hydrogen) atoms. The Balaban J connectivity index is 1.67. The molecule has 4 rings (SSSR count). The summed E-state index contributed by atoms with van der Waals surface area (Å²) in [4.78, 5) is 32.8. The average molecular weight is 563 g/mol. The Kier molecular flexibility index (Phi) is 8.51. The normalized spacial score (nSPS) is 11.4. The van der Waals surface area contributed by atoms with E-state index in [1.54, 1.807) is 24.3 Å². The topological polar surface area (TPSA) is 131 Å². The third-order valence-corrected chi connectivity index (χ3v) is 6.36. The standard InChI is InChI=1S/C25H26Cl3N7O2/c1-13(2)22-21-24(35(34-22)23-17(27)10-15(26)11-18(23)28)32-19(33-25(21)37)9-14-3-5-16(6-4-14)31-20(36)12-30-8-7-29/h3-6,10-11,13,30H,7-9,12,29H2,1-2H3,(H,31,36)(H,32,33,37). The van der Waals surface area contributed by atoms with Gasteiger partial charge in [-0.3, -0.25) is 9.59 Å². The summed E-state index contributed by atoms with van der Waals surface area (Å²) >= 11 is 19.0. The molecule has 1 amide bonds. The first kappa shape index (κ1) is 27.1. The zero-order chi connectivity index (χ0) is 26.7. The van der Waals surface area contributed by atoms with Crippen molar-refractivity contribution < 1.29 is 4.79 Å². The maximum atomic E-state index is 13.2. The largest absolute Gasteiger partial charge is 0.329 e. The maximum absolute atomic E-state index is 13.2. The first-order valence-electron chi connectivity index (χ1n) is 11.6. The summed E-state index contributed by atoms with van der Waals surface area (Å²) in [6, 6.07) is 10.4. The van der Waals surface area contributed by atoms with E-state index < -0.39 is 0 Å². The number of nitrogens with zero attached hydrogens (tertiary/aromatic N) is 3. The number of nitrogens with two attached hydrogens (primary N) is 1. The fraction of sp³-hybridized carbons (Fsp3) is 0.280. The van der Waals surface area contributed by atoms with Crippen LogP contribution in [-0.2, 0) is 11.2 Å². The predicted octanol–water partition coefficient (Wildman–Crippen LogP) is 4.27. The molecule has 5 N–H and O–H groups in total. The number of hydrogen-bond acceptors (Lipinski definition) is 6. The fourth-order valence-corrected chi connectivity index (χ4v) is 4.86. The highest BCUT2D eigenvalue weighted by atomic mass is 35.5. The summed E-state index contributed by atoms with van der Waals surface area (Å²) in [5.41, 5.74) is 7.99. The number of H-pyrrole nitrogens is 1. The number of aromatic amines is 1. The third-order valence-electron chi connectivity index (χ3n) is 5.57. The molecule has 0 radical (unpaired) electrons. The van der Waals surface area contributed by atoms with Crippen LogP contribution in [0.25, 0.3) is 16.7 Å². The number of rotatable bonds is 9. The SMILES string of the molecule is CC(C)c1nn(-c2c(Cl)cc(Cl)cc2Cl)c2nc(Cc3ccc(NC(=O)CNCCN)cc3)[nH]c(=O)c12. The molecule has 0 unspecified atom stereocenters. The summed E-state index contributed by atoms with van der Waals surface area (Å²) in [6.45, 7) is 5.09. The lowest BCUT2D eigenvalue weighted by atomic mass is 10.1. The minimum Gasteiger partial charge on any atom is -0.329 e. The highest BCUT2D eigenvalue weighted by Gasteiger charge is 2.23. The zero-order valence-corrected chi connectivity index (χ0v) is 22.5. The van der Waals surface area contributed by atoms with Gasteiger partial charge in [-0.1, -0.05) is 60.8 Å². The highest BCUT2D eigenvalue weighted by molar-refractivity contribution is 6.40. The molecule has 2 heterocycles. The Labute approximate surface area is 228 Å². The molecular weight excluding hydrogens is 537 g/mol. The van der Waals surface area contributed by atoms with Crippen LogP contribution in [0.2, 0.25) is 15.1 Å². The molecule has 0 saturated heterocycles. The summed E-state index contributed by atoms with van der Waals surface area (Å²) < 4.78 is 1.50. The van der Waals surface area contributed by atoms with Gasteiger partial charge in [-0.05, 0) is 35.7 Å². The van der Waals surface area contributed by atoms with E-state index in [1.807, 2.05) is 26.0 Å². The van der Waals surface area contributed by atoms with Crippen LogP contribution in [0.4, 0.5) is 5.69 Å². The van der Waals surface area contributed by atoms with E-state index in [2.05, 4.69) is 20.7 Å². The Morgan fingerprint density at radius 3 is 2.43 bits per heavy atom. The van der Waals surface area contributed by atoms with E-state index in [9.17, 15) is 9.59 Å². The van der Waals surface area contributed by atoms with E-state index in [4.69, 9.17) is 45.5 Å². The van der Waals surface area contributed by atoms with Crippen LogP contribution in [0.1, 0.15) is 36.8 Å². The molecule has 2 aromatic heterocycles. The van der Waals surface area contributed by atoms with Gasteiger partial charge in [0.2, 0.25) is 5.91 Å². The van der Waals surface area contributed by atoms with Crippen molar-refractivity contribution in [1.29, 1.82) is 0 Å². The number of anilines is 1. The second kappa shape index (κ2) is 11.6. The minimum atomic E-state index is -0.301. The predicted molar refractivity (Wildman–Crippen MR) is 148 cm³/mol. The summed E-state index contributed by atoms with van der Waals surface area (Å²) in [6.07, 6.45) is 0.349. The maximum Gasteiger partial charge on any atom is 0.262 e. The van der Waals surface area contributed by atoms with Crippen molar-refractivity contribution >= 4 is 57.4 Å². The van der Waals surface area contributed by atoms with Gasteiger partial charge in [0.05, 0.1) is 22.3 Å². The van der Waals surface area contributed by atoms with Crippen molar-refractivity contribution in [2.75, 3.05) is 25.0 Å². The molecule has 0 saturated carbocycles. The number of carbonyl (C=O) groups is 1. The summed E-state index contributed by atoms with van der Waals surface area (Å²) in [7, 11) is 0. The zero-order valence-electron chi connectivity index (χ0n) is 20.2. The minimum absolute atomic E-state index is 0.0457. The third kappa shape index (κ3) is 6.14. The first-order valence-corrected chi connectivity index (χ1v) is 12.8. The van der Waals surface area contributed by atoms with E-state index in [-0.39, 0.29) is 34.0 Å². The van der Waals surface area contributed by atoms with Gasteiger partial charge in [0.25, 0.3) is 5.56 Å². The van der Waals surface area contributed by atoms with Crippen LogP contribution in [0, 0.1) is 0 Å². The van der Waals surface area contributed by atoms with Crippen molar-refractivity contribution in [1.82, 2.24) is 25.1 Å². The molecule has 0 atom stereocenters. The molecule has 0 aliphatic rings. The van der Waals surface area contributed by atoms with Gasteiger partial charge in [-0.25, -0.2) is 9.67 Å². The number of nitrogens with one attached hydrogen (secondary N) is 3. The number of hydrogen-bond donors (Lipinski definition) is 4. The smallest absolute Gasteiger partial charge is 0.262 e. The molecule has 0 spiro atoms. The quantitative estimate of drug-likeness (QED) is 0.225. The second-order valence-electron chi connectivity index (χ2n) is 8.77. The van der Waals surface area contributed by atoms with Crippen molar-refractivity contribution in [3.05, 3.63) is 78.9 Å². The first-order chi connectivity index (χ1) is 17.7. The Bertz CT molecular complexity index is 1470. The molecule has 0 fully saturated rings. The number of aromatic nitrogens is 4. The average Bonchev–Trinajstić information content (AvgIpc) is 3.20. The van der Waals surface area contributed by atoms with Crippen molar-refractivity contribution in [2.24, 2.45) is 5.73 Å². The second-order valence-corrected chi connectivity index (χ2v) is 10.0. The summed E-state index contributed by atoms with van der Waals surface area (Å²) in [5, 5.41) is 11.8. The van der Waals surface area contributed by atoms with Gasteiger partial charge in [0.1, 0.15) is 16.9 Å². The molecule has 12 heteroatoms. The lowest BCUT2D eigenvalue weighted by molar-refractivity contribution is -0.115. The van der Waals surface area contributed by atoms with Crippen LogP contribution in [0.5, 0.6) is 0 Å². The van der Waals surface area contributed by atoms with Gasteiger partial charge in [0.15, 0.2) is 5.65 Å². The monoisotopic (exact) mass is 561 g/mol. The van der Waals surface area contributed by atoms with E-state index in [1.165, 1.54) is 4.68 Å². The fourth-order valence-electron chi connectivity index (χ4n) is 3.89. The number of halogens is 3. The van der Waals surface area contributed by atoms with Crippen molar-refractivity contribution in [3.8, 4) is 5.69 Å². The van der Waals surface area contributed by atoms with Gasteiger partial charge in [-0.2, -0.15) is 5.10 Å². The van der Waals surface area contributed by atoms with Crippen LogP contribution in [-0.4, -0.2) is 45.3 Å². The Morgan fingerprint density at radius 1 is 1.14 bits per heavy atom. The highest BCUT2D eigenvalue weighted by Crippen LogP contribution is 2.34. The van der Waals surface area contributed by atoms with Crippen LogP contribution in [0.3, 0.4) is 0 Å². The van der Waals surface area contributed by atoms with E-state index >= 15 is 0 Å².